The lowest BCUT2D eigenvalue weighted by Gasteiger charge is -2.07. The number of anilines is 1. The molecule has 0 atom stereocenters. The summed E-state index contributed by atoms with van der Waals surface area (Å²) in [6, 6.07) is 11.6. The zero-order valence-corrected chi connectivity index (χ0v) is 13.5. The van der Waals surface area contributed by atoms with Crippen molar-refractivity contribution in [2.45, 2.75) is 25.7 Å². The highest BCUT2D eigenvalue weighted by Gasteiger charge is 2.12. The summed E-state index contributed by atoms with van der Waals surface area (Å²) < 4.78 is 0. The van der Waals surface area contributed by atoms with Gasteiger partial charge >= 0.3 is 5.97 Å². The number of aromatic nitrogens is 1. The van der Waals surface area contributed by atoms with Gasteiger partial charge in [0.2, 0.25) is 0 Å². The van der Waals surface area contributed by atoms with Crippen LogP contribution in [0.1, 0.15) is 31.4 Å². The molecule has 0 amide bonds. The number of benzene rings is 1. The van der Waals surface area contributed by atoms with E-state index in [-0.39, 0.29) is 17.8 Å². The Morgan fingerprint density at radius 1 is 1.16 bits per heavy atom. The normalized spacial score (nSPS) is 11.1. The standard InChI is InChI=1S/C17H18N4O4/c22-17(23)11-4-2-8-14(13-7-5-6-12-18-13)19-20-15-9-1-3-10-16(15)21(24)25/h1,3,5-7,9-10,12,20H,2,4,8,11H2,(H,22,23). The molecular weight excluding hydrogens is 324 g/mol. The summed E-state index contributed by atoms with van der Waals surface area (Å²) >= 11 is 0. The molecule has 130 valence electrons. The third kappa shape index (κ3) is 5.69. The Bertz CT molecular complexity index is 762. The predicted octanol–water partition coefficient (Wildman–Crippen LogP) is 3.45. The Hall–Kier alpha value is -3.29. The second-order valence-electron chi connectivity index (χ2n) is 5.26. The number of carboxylic acids is 1. The summed E-state index contributed by atoms with van der Waals surface area (Å²) in [4.78, 5) is 25.4. The molecule has 8 nitrogen and oxygen atoms in total. The maximum absolute atomic E-state index is 11.1. The van der Waals surface area contributed by atoms with Gasteiger partial charge in [0.15, 0.2) is 0 Å². The number of rotatable bonds is 9. The molecule has 1 aromatic heterocycles. The molecule has 0 fully saturated rings. The monoisotopic (exact) mass is 342 g/mol. The Balaban J connectivity index is 2.16. The smallest absolute Gasteiger partial charge is 0.303 e. The Morgan fingerprint density at radius 3 is 2.56 bits per heavy atom. The van der Waals surface area contributed by atoms with Crippen LogP contribution in [-0.4, -0.2) is 26.7 Å². The molecule has 2 N–H and O–H groups in total. The number of unbranched alkanes of at least 4 members (excludes halogenated alkanes) is 1. The Morgan fingerprint density at radius 2 is 1.88 bits per heavy atom. The molecule has 0 aliphatic carbocycles. The molecule has 25 heavy (non-hydrogen) atoms. The van der Waals surface area contributed by atoms with Gasteiger partial charge in [-0.25, -0.2) is 0 Å². The largest absolute Gasteiger partial charge is 0.481 e. The molecule has 0 saturated heterocycles. The zero-order chi connectivity index (χ0) is 18.1. The number of carboxylic acid groups (broad SMARTS) is 1. The number of aliphatic carboxylic acids is 1. The minimum Gasteiger partial charge on any atom is -0.481 e. The lowest BCUT2D eigenvalue weighted by Crippen LogP contribution is -2.08. The minimum atomic E-state index is -0.839. The third-order valence-electron chi connectivity index (χ3n) is 3.43. The van der Waals surface area contributed by atoms with Crippen LogP contribution in [0, 0.1) is 10.1 Å². The van der Waals surface area contributed by atoms with Gasteiger partial charge in [0.05, 0.1) is 16.3 Å². The summed E-state index contributed by atoms with van der Waals surface area (Å²) in [5.41, 5.74) is 4.20. The van der Waals surface area contributed by atoms with E-state index in [1.54, 1.807) is 36.5 Å². The van der Waals surface area contributed by atoms with Crippen molar-refractivity contribution in [2.75, 3.05) is 5.43 Å². The number of para-hydroxylation sites is 2. The number of nitro groups is 1. The molecule has 0 bridgehead atoms. The van der Waals surface area contributed by atoms with E-state index < -0.39 is 10.9 Å². The Kier molecular flexibility index (Phi) is 6.58. The number of carbonyl (C=O) groups is 1. The van der Waals surface area contributed by atoms with E-state index in [9.17, 15) is 14.9 Å². The van der Waals surface area contributed by atoms with E-state index in [1.807, 2.05) is 6.07 Å². The van der Waals surface area contributed by atoms with E-state index >= 15 is 0 Å². The summed E-state index contributed by atoms with van der Waals surface area (Å²) in [6.07, 6.45) is 3.38. The third-order valence-corrected chi connectivity index (χ3v) is 3.43. The van der Waals surface area contributed by atoms with Crippen LogP contribution in [-0.2, 0) is 4.79 Å². The molecule has 0 unspecified atom stereocenters. The highest BCUT2D eigenvalue weighted by Crippen LogP contribution is 2.23. The highest BCUT2D eigenvalue weighted by atomic mass is 16.6. The van der Waals surface area contributed by atoms with Crippen molar-refractivity contribution in [3.8, 4) is 0 Å². The number of nitrogens with one attached hydrogen (secondary N) is 1. The minimum absolute atomic E-state index is 0.0718. The van der Waals surface area contributed by atoms with Crippen molar-refractivity contribution in [1.82, 2.24) is 4.98 Å². The lowest BCUT2D eigenvalue weighted by molar-refractivity contribution is -0.384. The van der Waals surface area contributed by atoms with Crippen molar-refractivity contribution < 1.29 is 14.8 Å². The van der Waals surface area contributed by atoms with Gasteiger partial charge in [0.25, 0.3) is 5.69 Å². The summed E-state index contributed by atoms with van der Waals surface area (Å²) in [5.74, 6) is -0.839. The maximum atomic E-state index is 11.1. The first kappa shape index (κ1) is 18.1. The molecule has 0 radical (unpaired) electrons. The molecule has 0 aliphatic rings. The fraction of sp³-hybridized carbons (Fsp3) is 0.235. The van der Waals surface area contributed by atoms with Gasteiger partial charge in [-0.2, -0.15) is 5.10 Å². The fourth-order valence-electron chi connectivity index (χ4n) is 2.20. The van der Waals surface area contributed by atoms with E-state index in [0.717, 1.165) is 0 Å². The van der Waals surface area contributed by atoms with Crippen molar-refractivity contribution >= 4 is 23.1 Å². The van der Waals surface area contributed by atoms with Crippen LogP contribution in [0.2, 0.25) is 0 Å². The van der Waals surface area contributed by atoms with Gasteiger partial charge in [-0.15, -0.1) is 0 Å². The number of hydrogen-bond donors (Lipinski definition) is 2. The van der Waals surface area contributed by atoms with Gasteiger partial charge < -0.3 is 5.11 Å². The van der Waals surface area contributed by atoms with Crippen LogP contribution in [0.15, 0.2) is 53.8 Å². The molecule has 0 spiro atoms. The van der Waals surface area contributed by atoms with Crippen LogP contribution in [0.25, 0.3) is 0 Å². The lowest BCUT2D eigenvalue weighted by atomic mass is 10.1. The van der Waals surface area contributed by atoms with E-state index in [0.29, 0.717) is 30.7 Å². The van der Waals surface area contributed by atoms with Crippen molar-refractivity contribution in [3.63, 3.8) is 0 Å². The Labute approximate surface area is 144 Å². The summed E-state index contributed by atoms with van der Waals surface area (Å²) in [7, 11) is 0. The van der Waals surface area contributed by atoms with Crippen molar-refractivity contribution in [2.24, 2.45) is 5.10 Å². The number of hydrogen-bond acceptors (Lipinski definition) is 6. The van der Waals surface area contributed by atoms with E-state index in [2.05, 4.69) is 15.5 Å². The number of hydrazone groups is 1. The topological polar surface area (TPSA) is 118 Å². The average molecular weight is 342 g/mol. The second-order valence-corrected chi connectivity index (χ2v) is 5.26. The molecule has 8 heteroatoms. The van der Waals surface area contributed by atoms with Crippen LogP contribution in [0.3, 0.4) is 0 Å². The number of nitro benzene ring substituents is 1. The number of nitrogens with zero attached hydrogens (tertiary/aromatic N) is 3. The fourth-order valence-corrected chi connectivity index (χ4v) is 2.20. The maximum Gasteiger partial charge on any atom is 0.303 e. The van der Waals surface area contributed by atoms with Crippen LogP contribution in [0.5, 0.6) is 0 Å². The first-order valence-electron chi connectivity index (χ1n) is 7.77. The van der Waals surface area contributed by atoms with Crippen molar-refractivity contribution in [3.05, 3.63) is 64.5 Å². The highest BCUT2D eigenvalue weighted by molar-refractivity contribution is 5.99. The molecular formula is C17H18N4O4. The molecule has 0 saturated carbocycles. The van der Waals surface area contributed by atoms with Gasteiger partial charge in [-0.05, 0) is 37.5 Å². The second kappa shape index (κ2) is 9.11. The van der Waals surface area contributed by atoms with Gasteiger partial charge in [0, 0.05) is 18.7 Å². The van der Waals surface area contributed by atoms with Crippen LogP contribution >= 0.6 is 0 Å². The molecule has 2 rings (SSSR count). The zero-order valence-electron chi connectivity index (χ0n) is 13.5. The average Bonchev–Trinajstić information content (AvgIpc) is 2.61. The molecule has 0 aliphatic heterocycles. The van der Waals surface area contributed by atoms with Crippen molar-refractivity contribution in [1.29, 1.82) is 0 Å². The molecule has 2 aromatic rings. The first-order chi connectivity index (χ1) is 12.1. The molecule has 1 aromatic carbocycles. The first-order valence-corrected chi connectivity index (χ1v) is 7.77. The van der Waals surface area contributed by atoms with Gasteiger partial charge in [0.1, 0.15) is 5.69 Å². The van der Waals surface area contributed by atoms with E-state index in [1.165, 1.54) is 6.07 Å². The van der Waals surface area contributed by atoms with Gasteiger partial charge in [-0.1, -0.05) is 18.2 Å². The summed E-state index contributed by atoms with van der Waals surface area (Å²) in [6.45, 7) is 0. The molecule has 1 heterocycles. The van der Waals surface area contributed by atoms with Gasteiger partial charge in [-0.3, -0.25) is 25.3 Å². The van der Waals surface area contributed by atoms with E-state index in [4.69, 9.17) is 5.11 Å². The predicted molar refractivity (Wildman–Crippen MR) is 93.6 cm³/mol. The number of pyridine rings is 1. The quantitative estimate of drug-likeness (QED) is 0.312. The SMILES string of the molecule is O=C(O)CCCCC(=NNc1ccccc1[N+](=O)[O-])c1ccccn1. The summed E-state index contributed by atoms with van der Waals surface area (Å²) in [5, 5.41) is 24.0. The van der Waals surface area contributed by atoms with Crippen LogP contribution < -0.4 is 5.43 Å². The van der Waals surface area contributed by atoms with Crippen LogP contribution in [0.4, 0.5) is 11.4 Å².